The highest BCUT2D eigenvalue weighted by Crippen LogP contribution is 2.24. The van der Waals surface area contributed by atoms with Crippen LogP contribution in [0.2, 0.25) is 0 Å². The Morgan fingerprint density at radius 3 is 2.57 bits per heavy atom. The van der Waals surface area contributed by atoms with Gasteiger partial charge in [-0.3, -0.25) is 14.3 Å². The van der Waals surface area contributed by atoms with Gasteiger partial charge in [0.1, 0.15) is 0 Å². The predicted molar refractivity (Wildman–Crippen MR) is 111 cm³/mol. The lowest BCUT2D eigenvalue weighted by Crippen LogP contribution is -2.28. The molecule has 0 unspecified atom stereocenters. The Hall–Kier alpha value is -3.47. The molecule has 0 fully saturated rings. The number of rotatable bonds is 5. The van der Waals surface area contributed by atoms with E-state index in [0.29, 0.717) is 11.9 Å². The average Bonchev–Trinajstić information content (AvgIpc) is 2.73. The number of hydrogen-bond acceptors (Lipinski definition) is 3. The number of aromatic nitrogens is 2. The molecule has 5 heteroatoms. The summed E-state index contributed by atoms with van der Waals surface area (Å²) in [6.45, 7) is 2.40. The fourth-order valence-electron chi connectivity index (χ4n) is 3.57. The van der Waals surface area contributed by atoms with Gasteiger partial charge in [0.2, 0.25) is 11.3 Å². The van der Waals surface area contributed by atoms with E-state index in [9.17, 15) is 9.59 Å². The van der Waals surface area contributed by atoms with Crippen molar-refractivity contribution in [3.63, 3.8) is 0 Å². The number of nitrogens with one attached hydrogen (secondary N) is 1. The Balaban J connectivity index is 1.48. The van der Waals surface area contributed by atoms with Crippen LogP contribution in [0.5, 0.6) is 0 Å². The van der Waals surface area contributed by atoms with Crippen LogP contribution in [0.3, 0.4) is 0 Å². The zero-order chi connectivity index (χ0) is 19.5. The first-order chi connectivity index (χ1) is 13.6. The summed E-state index contributed by atoms with van der Waals surface area (Å²) < 4.78 is 1.71. The van der Waals surface area contributed by atoms with Crippen LogP contribution in [0.4, 0.5) is 0 Å². The van der Waals surface area contributed by atoms with Gasteiger partial charge in [0, 0.05) is 11.8 Å². The molecule has 1 aromatic heterocycles. The van der Waals surface area contributed by atoms with Crippen molar-refractivity contribution in [2.75, 3.05) is 0 Å². The molecule has 5 nitrogen and oxygen atoms in total. The summed E-state index contributed by atoms with van der Waals surface area (Å²) in [5, 5.41) is 10.2. The van der Waals surface area contributed by atoms with Gasteiger partial charge in [-0.1, -0.05) is 54.6 Å². The van der Waals surface area contributed by atoms with Crippen molar-refractivity contribution in [2.24, 2.45) is 0 Å². The highest BCUT2D eigenvalue weighted by Gasteiger charge is 2.13. The van der Waals surface area contributed by atoms with Crippen molar-refractivity contribution in [1.29, 1.82) is 0 Å². The molecule has 1 amide bonds. The first-order valence-corrected chi connectivity index (χ1v) is 9.35. The van der Waals surface area contributed by atoms with Gasteiger partial charge < -0.3 is 5.32 Å². The van der Waals surface area contributed by atoms with Crippen LogP contribution in [0.15, 0.2) is 77.7 Å². The van der Waals surface area contributed by atoms with Gasteiger partial charge in [-0.25, -0.2) is 0 Å². The molecular weight excluding hydrogens is 350 g/mol. The number of amides is 1. The predicted octanol–water partition coefficient (Wildman–Crippen LogP) is 3.82. The number of hydrogen-bond donors (Lipinski definition) is 1. The summed E-state index contributed by atoms with van der Waals surface area (Å²) in [4.78, 5) is 24.4. The number of carbonyl (C=O) groups is 1. The summed E-state index contributed by atoms with van der Waals surface area (Å²) in [6, 6.07) is 21.5. The van der Waals surface area contributed by atoms with Gasteiger partial charge in [-0.05, 0) is 35.4 Å². The summed E-state index contributed by atoms with van der Waals surface area (Å²) >= 11 is 0. The molecule has 1 heterocycles. The van der Waals surface area contributed by atoms with Crippen molar-refractivity contribution < 1.29 is 4.79 Å². The molecule has 3 aromatic carbocycles. The van der Waals surface area contributed by atoms with E-state index in [-0.39, 0.29) is 23.8 Å². The highest BCUT2D eigenvalue weighted by atomic mass is 16.1. The quantitative estimate of drug-likeness (QED) is 0.580. The van der Waals surface area contributed by atoms with E-state index in [1.54, 1.807) is 10.7 Å². The average molecular weight is 371 g/mol. The van der Waals surface area contributed by atoms with E-state index >= 15 is 0 Å². The molecule has 0 spiro atoms. The van der Waals surface area contributed by atoms with Gasteiger partial charge in [0.25, 0.3) is 0 Å². The third kappa shape index (κ3) is 3.51. The van der Waals surface area contributed by atoms with Crippen molar-refractivity contribution in [2.45, 2.75) is 25.9 Å². The topological polar surface area (TPSA) is 64.0 Å². The van der Waals surface area contributed by atoms with Crippen molar-refractivity contribution in [3.8, 4) is 0 Å². The smallest absolute Gasteiger partial charge is 0.222 e. The number of fused-ring (bicyclic) bond motifs is 2. The molecule has 4 rings (SSSR count). The summed E-state index contributed by atoms with van der Waals surface area (Å²) in [5.41, 5.74) is 1.73. The molecule has 1 N–H and O–H groups in total. The van der Waals surface area contributed by atoms with E-state index < -0.39 is 0 Å². The number of para-hydroxylation sites is 1. The second kappa shape index (κ2) is 7.64. The Labute approximate surface area is 162 Å². The van der Waals surface area contributed by atoms with Crippen molar-refractivity contribution >= 4 is 27.6 Å². The zero-order valence-electron chi connectivity index (χ0n) is 15.6. The molecule has 4 aromatic rings. The molecule has 0 aliphatic carbocycles. The third-order valence-electron chi connectivity index (χ3n) is 4.98. The van der Waals surface area contributed by atoms with E-state index in [0.717, 1.165) is 21.9 Å². The molecule has 0 bridgehead atoms. The molecule has 0 saturated carbocycles. The molecule has 28 heavy (non-hydrogen) atoms. The normalized spacial score (nSPS) is 12.2. The van der Waals surface area contributed by atoms with Crippen LogP contribution in [0.1, 0.15) is 24.9 Å². The Morgan fingerprint density at radius 1 is 1.00 bits per heavy atom. The lowest BCUT2D eigenvalue weighted by Gasteiger charge is -2.17. The minimum absolute atomic E-state index is 0.0509. The number of aryl methyl sites for hydroxylation is 1. The van der Waals surface area contributed by atoms with E-state index in [4.69, 9.17) is 0 Å². The van der Waals surface area contributed by atoms with Crippen LogP contribution < -0.4 is 10.7 Å². The van der Waals surface area contributed by atoms with E-state index in [1.807, 2.05) is 49.4 Å². The fraction of sp³-hybridized carbons (Fsp3) is 0.174. The lowest BCUT2D eigenvalue weighted by molar-refractivity contribution is -0.122. The molecule has 140 valence electrons. The Morgan fingerprint density at radius 2 is 1.71 bits per heavy atom. The van der Waals surface area contributed by atoms with Crippen LogP contribution in [0, 0.1) is 0 Å². The van der Waals surface area contributed by atoms with Crippen LogP contribution in [-0.2, 0) is 11.3 Å². The monoisotopic (exact) mass is 371 g/mol. The Kier molecular flexibility index (Phi) is 4.89. The van der Waals surface area contributed by atoms with Crippen LogP contribution in [-0.4, -0.2) is 15.7 Å². The summed E-state index contributed by atoms with van der Waals surface area (Å²) in [6.07, 6.45) is 1.59. The number of carbonyl (C=O) groups excluding carboxylic acids is 1. The van der Waals surface area contributed by atoms with Crippen molar-refractivity contribution in [3.05, 3.63) is 88.7 Å². The standard InChI is InChI=1S/C23H21N3O2/c1-16(18-11-6-8-17-7-2-3-9-19(17)18)25-23(28)13-14-26-21-12-5-4-10-20(21)22(27)15-24-26/h2-12,15-16H,13-14H2,1H3,(H,25,28)/t16-/m1/s1. The summed E-state index contributed by atoms with van der Waals surface area (Å²) in [7, 11) is 0. The largest absolute Gasteiger partial charge is 0.350 e. The zero-order valence-corrected chi connectivity index (χ0v) is 15.6. The second-order valence-electron chi connectivity index (χ2n) is 6.86. The first kappa shape index (κ1) is 17.9. The minimum Gasteiger partial charge on any atom is -0.350 e. The van der Waals surface area contributed by atoms with E-state index in [2.05, 4.69) is 28.6 Å². The van der Waals surface area contributed by atoms with Gasteiger partial charge in [-0.2, -0.15) is 5.10 Å². The maximum atomic E-state index is 12.5. The molecule has 0 radical (unpaired) electrons. The molecule has 1 atom stereocenters. The van der Waals surface area contributed by atoms with Gasteiger partial charge in [0.05, 0.1) is 24.3 Å². The summed E-state index contributed by atoms with van der Waals surface area (Å²) in [5.74, 6) is -0.0509. The van der Waals surface area contributed by atoms with E-state index in [1.165, 1.54) is 6.20 Å². The van der Waals surface area contributed by atoms with Gasteiger partial charge >= 0.3 is 0 Å². The maximum Gasteiger partial charge on any atom is 0.222 e. The third-order valence-corrected chi connectivity index (χ3v) is 4.98. The van der Waals surface area contributed by atoms with Gasteiger partial charge in [0.15, 0.2) is 0 Å². The SMILES string of the molecule is C[C@@H](NC(=O)CCn1ncc(=O)c2ccccc21)c1cccc2ccccc12. The molecule has 0 saturated heterocycles. The Bertz CT molecular complexity index is 1210. The first-order valence-electron chi connectivity index (χ1n) is 9.35. The second-order valence-corrected chi connectivity index (χ2v) is 6.86. The van der Waals surface area contributed by atoms with Crippen LogP contribution in [0.25, 0.3) is 21.7 Å². The van der Waals surface area contributed by atoms with Gasteiger partial charge in [-0.15, -0.1) is 0 Å². The molecular formula is C23H21N3O2. The number of nitrogens with zero attached hydrogens (tertiary/aromatic N) is 2. The molecule has 0 aliphatic rings. The van der Waals surface area contributed by atoms with Crippen LogP contribution >= 0.6 is 0 Å². The number of benzene rings is 3. The highest BCUT2D eigenvalue weighted by molar-refractivity contribution is 5.87. The lowest BCUT2D eigenvalue weighted by atomic mass is 9.99. The maximum absolute atomic E-state index is 12.5. The van der Waals surface area contributed by atoms with Crippen molar-refractivity contribution in [1.82, 2.24) is 15.1 Å². The minimum atomic E-state index is -0.110. The molecule has 0 aliphatic heterocycles. The fourth-order valence-corrected chi connectivity index (χ4v) is 3.57.